The zero-order valence-corrected chi connectivity index (χ0v) is 20.4. The van der Waals surface area contributed by atoms with E-state index < -0.39 is 0 Å². The number of nitriles is 1. The molecule has 4 rings (SSSR count). The van der Waals surface area contributed by atoms with E-state index >= 15 is 0 Å². The Morgan fingerprint density at radius 2 is 1.42 bits per heavy atom. The first kappa shape index (κ1) is 24.0. The molecule has 1 heterocycles. The molecule has 2 fully saturated rings. The number of benzene rings is 2. The third kappa shape index (κ3) is 5.86. The van der Waals surface area contributed by atoms with Gasteiger partial charge in [-0.25, -0.2) is 0 Å². The molecule has 33 heavy (non-hydrogen) atoms. The van der Waals surface area contributed by atoms with E-state index in [0.29, 0.717) is 11.8 Å². The summed E-state index contributed by atoms with van der Waals surface area (Å²) in [6.45, 7) is 6.01. The molecule has 0 atom stereocenters. The molecule has 2 aromatic carbocycles. The molecule has 3 nitrogen and oxygen atoms in total. The Kier molecular flexibility index (Phi) is 8.23. The standard InChI is InChI=1S/C30H39NO2/c1-3-5-6-23-20-32-29(33-21-23)28-13-11-25(12-14-28)24-7-9-26(10-8-24)27-15-18-30(22-31,17-4-2)19-16-27/h7-14,23,27,29H,3-6,15-21H2,1-2H3. The number of ether oxygens (including phenoxy) is 2. The summed E-state index contributed by atoms with van der Waals surface area (Å²) < 4.78 is 12.0. The summed E-state index contributed by atoms with van der Waals surface area (Å²) in [5.41, 5.74) is 4.90. The van der Waals surface area contributed by atoms with E-state index in [4.69, 9.17) is 9.47 Å². The van der Waals surface area contributed by atoms with Crippen LogP contribution >= 0.6 is 0 Å². The molecule has 0 N–H and O–H groups in total. The van der Waals surface area contributed by atoms with E-state index in [9.17, 15) is 5.26 Å². The fraction of sp³-hybridized carbons (Fsp3) is 0.567. The van der Waals surface area contributed by atoms with E-state index in [0.717, 1.165) is 57.3 Å². The van der Waals surface area contributed by atoms with Gasteiger partial charge in [0, 0.05) is 11.5 Å². The van der Waals surface area contributed by atoms with E-state index in [1.54, 1.807) is 0 Å². The molecule has 3 heteroatoms. The molecule has 1 aliphatic heterocycles. The summed E-state index contributed by atoms with van der Waals surface area (Å²) in [6, 6.07) is 20.3. The lowest BCUT2D eigenvalue weighted by atomic mass is 9.68. The molecule has 0 spiro atoms. The summed E-state index contributed by atoms with van der Waals surface area (Å²) >= 11 is 0. The first-order valence-electron chi connectivity index (χ1n) is 13.0. The van der Waals surface area contributed by atoms with Gasteiger partial charge in [-0.2, -0.15) is 5.26 Å². The third-order valence-electron chi connectivity index (χ3n) is 7.74. The molecule has 1 saturated carbocycles. The zero-order chi connectivity index (χ0) is 23.1. The predicted molar refractivity (Wildman–Crippen MR) is 134 cm³/mol. The predicted octanol–water partition coefficient (Wildman–Crippen LogP) is 8.17. The van der Waals surface area contributed by atoms with Crippen LogP contribution < -0.4 is 0 Å². The smallest absolute Gasteiger partial charge is 0.183 e. The molecule has 0 radical (unpaired) electrons. The minimum absolute atomic E-state index is 0.0743. The van der Waals surface area contributed by atoms with Crippen molar-refractivity contribution in [2.45, 2.75) is 83.8 Å². The highest BCUT2D eigenvalue weighted by Gasteiger charge is 2.35. The lowest BCUT2D eigenvalue weighted by molar-refractivity contribution is -0.206. The van der Waals surface area contributed by atoms with E-state index in [1.165, 1.54) is 36.0 Å². The van der Waals surface area contributed by atoms with Gasteiger partial charge in [0.2, 0.25) is 0 Å². The third-order valence-corrected chi connectivity index (χ3v) is 7.74. The van der Waals surface area contributed by atoms with Crippen molar-refractivity contribution >= 4 is 0 Å². The number of rotatable bonds is 8. The molecule has 0 bridgehead atoms. The maximum absolute atomic E-state index is 9.67. The summed E-state index contributed by atoms with van der Waals surface area (Å²) in [7, 11) is 0. The van der Waals surface area contributed by atoms with Gasteiger partial charge >= 0.3 is 0 Å². The van der Waals surface area contributed by atoms with E-state index in [-0.39, 0.29) is 11.7 Å². The van der Waals surface area contributed by atoms with Gasteiger partial charge in [-0.3, -0.25) is 0 Å². The maximum atomic E-state index is 9.67. The average molecular weight is 446 g/mol. The lowest BCUT2D eigenvalue weighted by Crippen LogP contribution is -2.27. The Labute approximate surface area is 200 Å². The monoisotopic (exact) mass is 445 g/mol. The quantitative estimate of drug-likeness (QED) is 0.411. The van der Waals surface area contributed by atoms with Gasteiger partial charge in [0.05, 0.1) is 24.7 Å². The molecule has 0 amide bonds. The fourth-order valence-corrected chi connectivity index (χ4v) is 5.58. The topological polar surface area (TPSA) is 42.2 Å². The first-order chi connectivity index (χ1) is 16.2. The van der Waals surface area contributed by atoms with E-state index in [2.05, 4.69) is 68.4 Å². The molecule has 1 aliphatic carbocycles. The normalized spacial score (nSPS) is 27.7. The second-order valence-electron chi connectivity index (χ2n) is 10.2. The Bertz CT molecular complexity index is 896. The van der Waals surface area contributed by atoms with Gasteiger partial charge in [0.15, 0.2) is 6.29 Å². The summed E-state index contributed by atoms with van der Waals surface area (Å²) in [5, 5.41) is 9.67. The molecule has 2 aromatic rings. The van der Waals surface area contributed by atoms with Crippen LogP contribution in [-0.2, 0) is 9.47 Å². The second kappa shape index (κ2) is 11.3. The van der Waals surface area contributed by atoms with Crippen LogP contribution in [0, 0.1) is 22.7 Å². The van der Waals surface area contributed by atoms with Crippen molar-refractivity contribution in [3.05, 3.63) is 59.7 Å². The Morgan fingerprint density at radius 3 is 1.94 bits per heavy atom. The van der Waals surface area contributed by atoms with Crippen LogP contribution in [0.3, 0.4) is 0 Å². The number of nitrogens with zero attached hydrogens (tertiary/aromatic N) is 1. The zero-order valence-electron chi connectivity index (χ0n) is 20.4. The fourth-order valence-electron chi connectivity index (χ4n) is 5.58. The summed E-state index contributed by atoms with van der Waals surface area (Å²) in [6.07, 6.45) is 9.90. The van der Waals surface area contributed by atoms with Crippen LogP contribution in [0.4, 0.5) is 0 Å². The maximum Gasteiger partial charge on any atom is 0.183 e. The Hall–Kier alpha value is -2.15. The average Bonchev–Trinajstić information content (AvgIpc) is 2.89. The van der Waals surface area contributed by atoms with Crippen molar-refractivity contribution < 1.29 is 9.47 Å². The van der Waals surface area contributed by atoms with Crippen LogP contribution in [0.5, 0.6) is 0 Å². The highest BCUT2D eigenvalue weighted by atomic mass is 16.7. The highest BCUT2D eigenvalue weighted by molar-refractivity contribution is 5.64. The second-order valence-corrected chi connectivity index (χ2v) is 10.2. The van der Waals surface area contributed by atoms with Crippen LogP contribution in [0.1, 0.15) is 95.0 Å². The number of hydrogen-bond donors (Lipinski definition) is 0. The largest absolute Gasteiger partial charge is 0.348 e. The van der Waals surface area contributed by atoms with Crippen molar-refractivity contribution in [1.82, 2.24) is 0 Å². The van der Waals surface area contributed by atoms with Gasteiger partial charge in [-0.05, 0) is 61.1 Å². The lowest BCUT2D eigenvalue weighted by Gasteiger charge is -2.35. The van der Waals surface area contributed by atoms with Crippen molar-refractivity contribution in [3.8, 4) is 17.2 Å². The molecule has 0 unspecified atom stereocenters. The molecular formula is C30H39NO2. The van der Waals surface area contributed by atoms with Crippen LogP contribution in [0.25, 0.3) is 11.1 Å². The Balaban J connectivity index is 1.33. The minimum Gasteiger partial charge on any atom is -0.348 e. The van der Waals surface area contributed by atoms with Crippen molar-refractivity contribution in [2.24, 2.45) is 11.3 Å². The summed E-state index contributed by atoms with van der Waals surface area (Å²) in [4.78, 5) is 0. The molecular weight excluding hydrogens is 406 g/mol. The van der Waals surface area contributed by atoms with Crippen LogP contribution in [0.15, 0.2) is 48.5 Å². The Morgan fingerprint density at radius 1 is 0.848 bits per heavy atom. The minimum atomic E-state index is -0.237. The number of unbranched alkanes of at least 4 members (excludes halogenated alkanes) is 1. The van der Waals surface area contributed by atoms with Crippen LogP contribution in [-0.4, -0.2) is 13.2 Å². The van der Waals surface area contributed by atoms with Gasteiger partial charge < -0.3 is 9.47 Å². The van der Waals surface area contributed by atoms with Crippen molar-refractivity contribution in [2.75, 3.05) is 13.2 Å². The summed E-state index contributed by atoms with van der Waals surface area (Å²) in [5.74, 6) is 1.12. The molecule has 2 aliphatic rings. The van der Waals surface area contributed by atoms with Gasteiger partial charge in [-0.1, -0.05) is 81.6 Å². The number of hydrogen-bond acceptors (Lipinski definition) is 3. The molecule has 176 valence electrons. The van der Waals surface area contributed by atoms with Gasteiger partial charge in [0.25, 0.3) is 0 Å². The van der Waals surface area contributed by atoms with Gasteiger partial charge in [-0.15, -0.1) is 0 Å². The highest BCUT2D eigenvalue weighted by Crippen LogP contribution is 2.45. The van der Waals surface area contributed by atoms with Crippen molar-refractivity contribution in [3.63, 3.8) is 0 Å². The van der Waals surface area contributed by atoms with Gasteiger partial charge in [0.1, 0.15) is 0 Å². The first-order valence-corrected chi connectivity index (χ1v) is 13.0. The molecule has 0 aromatic heterocycles. The molecule has 1 saturated heterocycles. The van der Waals surface area contributed by atoms with E-state index in [1.807, 2.05) is 0 Å². The SMILES string of the molecule is CCCCC1COC(c2ccc(-c3ccc(C4CCC(C#N)(CCC)CC4)cc3)cc2)OC1. The van der Waals surface area contributed by atoms with Crippen molar-refractivity contribution in [1.29, 1.82) is 5.26 Å². The van der Waals surface area contributed by atoms with Crippen LogP contribution in [0.2, 0.25) is 0 Å².